The average molecular weight is 348 g/mol. The Hall–Kier alpha value is -2.28. The first-order valence-electron chi connectivity index (χ1n) is 6.23. The third kappa shape index (κ3) is 3.25. The normalized spacial score (nSPS) is 10.6. The van der Waals surface area contributed by atoms with Crippen molar-refractivity contribution in [1.82, 2.24) is 20.2 Å². The lowest BCUT2D eigenvalue weighted by molar-refractivity contribution is 0.625. The molecule has 106 valence electrons. The van der Waals surface area contributed by atoms with E-state index in [-0.39, 0.29) is 5.82 Å². The zero-order valence-corrected chi connectivity index (χ0v) is 12.5. The minimum atomic E-state index is -0.252. The molecule has 0 atom stereocenters. The van der Waals surface area contributed by atoms with Gasteiger partial charge >= 0.3 is 0 Å². The van der Waals surface area contributed by atoms with Gasteiger partial charge in [0.05, 0.1) is 5.69 Å². The van der Waals surface area contributed by atoms with Gasteiger partial charge in [-0.15, -0.1) is 5.10 Å². The van der Waals surface area contributed by atoms with Crippen LogP contribution >= 0.6 is 15.9 Å². The van der Waals surface area contributed by atoms with Gasteiger partial charge in [0.2, 0.25) is 0 Å². The third-order valence-electron chi connectivity index (χ3n) is 2.95. The molecule has 5 nitrogen and oxygen atoms in total. The topological polar surface area (TPSA) is 55.6 Å². The van der Waals surface area contributed by atoms with Crippen LogP contribution < -0.4 is 5.32 Å². The Morgan fingerprint density at radius 2 is 2.10 bits per heavy atom. The van der Waals surface area contributed by atoms with Crippen molar-refractivity contribution in [3.8, 4) is 5.69 Å². The van der Waals surface area contributed by atoms with Crippen molar-refractivity contribution in [2.75, 3.05) is 5.32 Å². The monoisotopic (exact) mass is 347 g/mol. The molecule has 1 heterocycles. The Bertz CT molecular complexity index is 745. The van der Waals surface area contributed by atoms with Gasteiger partial charge in [-0.05, 0) is 52.4 Å². The number of anilines is 1. The van der Waals surface area contributed by atoms with E-state index in [2.05, 4.69) is 36.8 Å². The molecule has 0 radical (unpaired) electrons. The lowest BCUT2D eigenvalue weighted by Crippen LogP contribution is -2.02. The molecule has 0 bridgehead atoms. The van der Waals surface area contributed by atoms with E-state index in [1.807, 2.05) is 24.3 Å². The zero-order valence-electron chi connectivity index (χ0n) is 10.9. The van der Waals surface area contributed by atoms with E-state index < -0.39 is 0 Å². The molecule has 1 aromatic heterocycles. The Morgan fingerprint density at radius 1 is 1.19 bits per heavy atom. The fourth-order valence-corrected chi connectivity index (χ4v) is 2.30. The van der Waals surface area contributed by atoms with E-state index in [1.54, 1.807) is 10.7 Å². The maximum absolute atomic E-state index is 13.2. The summed E-state index contributed by atoms with van der Waals surface area (Å²) in [5, 5.41) is 14.3. The van der Waals surface area contributed by atoms with Gasteiger partial charge in [0.1, 0.15) is 12.1 Å². The van der Waals surface area contributed by atoms with Gasteiger partial charge in [-0.1, -0.05) is 22.0 Å². The number of hydrogen-bond donors (Lipinski definition) is 1. The summed E-state index contributed by atoms with van der Waals surface area (Å²) in [6.07, 6.45) is 1.53. The van der Waals surface area contributed by atoms with Gasteiger partial charge in [-0.25, -0.2) is 9.07 Å². The smallest absolute Gasteiger partial charge is 0.143 e. The van der Waals surface area contributed by atoms with E-state index in [1.165, 1.54) is 18.5 Å². The van der Waals surface area contributed by atoms with Crippen molar-refractivity contribution < 1.29 is 4.39 Å². The van der Waals surface area contributed by atoms with Crippen LogP contribution in [0.15, 0.2) is 53.3 Å². The summed E-state index contributed by atoms with van der Waals surface area (Å²) in [6.45, 7) is 0.511. The maximum Gasteiger partial charge on any atom is 0.143 e. The molecule has 21 heavy (non-hydrogen) atoms. The summed E-state index contributed by atoms with van der Waals surface area (Å²) in [6, 6.07) is 12.3. The second-order valence-electron chi connectivity index (χ2n) is 4.39. The summed E-state index contributed by atoms with van der Waals surface area (Å²) < 4.78 is 15.7. The molecule has 0 fully saturated rings. The van der Waals surface area contributed by atoms with Crippen molar-refractivity contribution in [2.45, 2.75) is 6.54 Å². The molecule has 0 aliphatic carbocycles. The Balaban J connectivity index is 1.76. The van der Waals surface area contributed by atoms with Crippen LogP contribution in [-0.2, 0) is 6.54 Å². The third-order valence-corrected chi connectivity index (χ3v) is 3.72. The highest BCUT2D eigenvalue weighted by atomic mass is 79.9. The summed E-state index contributed by atoms with van der Waals surface area (Å²) in [7, 11) is 0. The lowest BCUT2D eigenvalue weighted by atomic mass is 10.2. The first-order chi connectivity index (χ1) is 10.2. The number of aromatic nitrogens is 4. The highest BCUT2D eigenvalue weighted by molar-refractivity contribution is 9.10. The van der Waals surface area contributed by atoms with Crippen LogP contribution in [0.1, 0.15) is 5.56 Å². The fraction of sp³-hybridized carbons (Fsp3) is 0.0714. The van der Waals surface area contributed by atoms with Gasteiger partial charge in [0.15, 0.2) is 0 Å². The van der Waals surface area contributed by atoms with Gasteiger partial charge in [-0.2, -0.15) is 0 Å². The molecule has 0 saturated heterocycles. The number of tetrazole rings is 1. The predicted octanol–water partition coefficient (Wildman–Crippen LogP) is 3.18. The number of hydrogen-bond acceptors (Lipinski definition) is 4. The van der Waals surface area contributed by atoms with Crippen molar-refractivity contribution in [1.29, 1.82) is 0 Å². The fourth-order valence-electron chi connectivity index (χ4n) is 1.91. The lowest BCUT2D eigenvalue weighted by Gasteiger charge is -2.09. The van der Waals surface area contributed by atoms with Crippen LogP contribution in [0.3, 0.4) is 0 Å². The van der Waals surface area contributed by atoms with E-state index in [9.17, 15) is 4.39 Å². The molecule has 3 rings (SSSR count). The highest BCUT2D eigenvalue weighted by Gasteiger charge is 2.03. The van der Waals surface area contributed by atoms with Gasteiger partial charge < -0.3 is 5.32 Å². The number of halogens is 2. The van der Waals surface area contributed by atoms with Crippen molar-refractivity contribution >= 4 is 21.6 Å². The molecule has 1 N–H and O–H groups in total. The van der Waals surface area contributed by atoms with Crippen LogP contribution in [0.5, 0.6) is 0 Å². The molecular formula is C14H11BrFN5. The minimum absolute atomic E-state index is 0.252. The Morgan fingerprint density at radius 3 is 2.90 bits per heavy atom. The van der Waals surface area contributed by atoms with Crippen molar-refractivity contribution in [3.63, 3.8) is 0 Å². The molecule has 0 saturated carbocycles. The van der Waals surface area contributed by atoms with E-state index in [0.717, 1.165) is 21.4 Å². The van der Waals surface area contributed by atoms with Crippen LogP contribution in [0.4, 0.5) is 10.1 Å². The molecule has 0 aliphatic heterocycles. The van der Waals surface area contributed by atoms with Crippen LogP contribution in [-0.4, -0.2) is 20.2 Å². The zero-order chi connectivity index (χ0) is 14.7. The second kappa shape index (κ2) is 6.01. The van der Waals surface area contributed by atoms with Crippen LogP contribution in [0.2, 0.25) is 0 Å². The molecule has 0 amide bonds. The van der Waals surface area contributed by atoms with Crippen molar-refractivity contribution in [3.05, 3.63) is 64.6 Å². The largest absolute Gasteiger partial charge is 0.381 e. The quantitative estimate of drug-likeness (QED) is 0.787. The van der Waals surface area contributed by atoms with Gasteiger partial charge in [0, 0.05) is 16.7 Å². The van der Waals surface area contributed by atoms with Crippen LogP contribution in [0.25, 0.3) is 5.69 Å². The first-order valence-corrected chi connectivity index (χ1v) is 7.03. The molecule has 2 aromatic carbocycles. The molecule has 3 aromatic rings. The SMILES string of the molecule is Fc1ccc(Br)c(CNc2cccc(-n3cnnn3)c2)c1. The Kier molecular flexibility index (Phi) is 3.92. The molecule has 0 spiro atoms. The number of nitrogens with zero attached hydrogens (tertiary/aromatic N) is 4. The summed E-state index contributed by atoms with van der Waals surface area (Å²) in [5.74, 6) is -0.252. The minimum Gasteiger partial charge on any atom is -0.381 e. The van der Waals surface area contributed by atoms with E-state index in [4.69, 9.17) is 0 Å². The standard InChI is InChI=1S/C14H11BrFN5/c15-14-5-4-11(16)6-10(14)8-17-12-2-1-3-13(7-12)21-9-18-19-20-21/h1-7,9,17H,8H2. The highest BCUT2D eigenvalue weighted by Crippen LogP contribution is 2.20. The molecular weight excluding hydrogens is 337 g/mol. The molecule has 0 unspecified atom stereocenters. The molecule has 0 aliphatic rings. The van der Waals surface area contributed by atoms with Crippen LogP contribution in [0, 0.1) is 5.82 Å². The second-order valence-corrected chi connectivity index (χ2v) is 5.25. The van der Waals surface area contributed by atoms with E-state index in [0.29, 0.717) is 6.54 Å². The van der Waals surface area contributed by atoms with E-state index >= 15 is 0 Å². The van der Waals surface area contributed by atoms with Gasteiger partial charge in [0.25, 0.3) is 0 Å². The summed E-state index contributed by atoms with van der Waals surface area (Å²) >= 11 is 3.41. The first kappa shape index (κ1) is 13.7. The Labute approximate surface area is 128 Å². The molecule has 7 heteroatoms. The number of rotatable bonds is 4. The summed E-state index contributed by atoms with van der Waals surface area (Å²) in [4.78, 5) is 0. The van der Waals surface area contributed by atoms with Crippen molar-refractivity contribution in [2.24, 2.45) is 0 Å². The van der Waals surface area contributed by atoms with Gasteiger partial charge in [-0.3, -0.25) is 0 Å². The number of nitrogens with one attached hydrogen (secondary N) is 1. The average Bonchev–Trinajstić information content (AvgIpc) is 3.03. The summed E-state index contributed by atoms with van der Waals surface area (Å²) in [5.41, 5.74) is 2.60. The predicted molar refractivity (Wildman–Crippen MR) is 80.6 cm³/mol. The maximum atomic E-state index is 13.2. The number of benzene rings is 2.